The summed E-state index contributed by atoms with van der Waals surface area (Å²) in [4.78, 5) is 0. The van der Waals surface area contributed by atoms with E-state index in [0.717, 1.165) is 17.1 Å². The maximum atomic E-state index is 5.82. The van der Waals surface area contributed by atoms with Crippen LogP contribution in [0.1, 0.15) is 11.6 Å². The molecule has 0 amide bonds. The second-order valence-corrected chi connectivity index (χ2v) is 3.14. The van der Waals surface area contributed by atoms with Crippen molar-refractivity contribution in [3.63, 3.8) is 0 Å². The Labute approximate surface area is 75.2 Å². The molecule has 68 valence electrons. The summed E-state index contributed by atoms with van der Waals surface area (Å²) in [7, 11) is 0. The van der Waals surface area contributed by atoms with Gasteiger partial charge >= 0.3 is 0 Å². The van der Waals surface area contributed by atoms with Gasteiger partial charge in [-0.3, -0.25) is 0 Å². The molecule has 1 atom stereocenters. The van der Waals surface area contributed by atoms with Gasteiger partial charge in [0.15, 0.2) is 11.5 Å². The molecule has 0 spiro atoms. The maximum Gasteiger partial charge on any atom is 0.231 e. The van der Waals surface area contributed by atoms with Gasteiger partial charge in [-0.05, 0) is 12.1 Å². The minimum Gasteiger partial charge on any atom is -0.487 e. The highest BCUT2D eigenvalue weighted by Gasteiger charge is 2.29. The van der Waals surface area contributed by atoms with Gasteiger partial charge in [-0.1, -0.05) is 0 Å². The van der Waals surface area contributed by atoms with Crippen molar-refractivity contribution in [1.82, 2.24) is 0 Å². The second-order valence-electron chi connectivity index (χ2n) is 3.14. The van der Waals surface area contributed by atoms with E-state index in [4.69, 9.17) is 19.9 Å². The van der Waals surface area contributed by atoms with Crippen LogP contribution in [0.15, 0.2) is 12.1 Å². The van der Waals surface area contributed by atoms with Gasteiger partial charge in [0.1, 0.15) is 6.61 Å². The predicted molar refractivity (Wildman–Crippen MR) is 45.0 cm³/mol. The van der Waals surface area contributed by atoms with E-state index in [1.54, 1.807) is 0 Å². The normalized spacial score (nSPS) is 22.7. The van der Waals surface area contributed by atoms with Crippen molar-refractivity contribution >= 4 is 0 Å². The van der Waals surface area contributed by atoms with E-state index >= 15 is 0 Å². The molecule has 0 saturated carbocycles. The Morgan fingerprint density at radius 2 is 2.08 bits per heavy atom. The van der Waals surface area contributed by atoms with Crippen molar-refractivity contribution < 1.29 is 14.2 Å². The van der Waals surface area contributed by atoms with Gasteiger partial charge in [0, 0.05) is 5.56 Å². The molecule has 0 fully saturated rings. The third kappa shape index (κ3) is 0.833. The molecule has 0 saturated heterocycles. The molecule has 4 heteroatoms. The molecular weight excluding hydrogens is 170 g/mol. The molecule has 2 heterocycles. The third-order valence-corrected chi connectivity index (χ3v) is 2.33. The van der Waals surface area contributed by atoms with Crippen LogP contribution in [0.25, 0.3) is 0 Å². The van der Waals surface area contributed by atoms with E-state index in [-0.39, 0.29) is 12.8 Å². The number of rotatable bonds is 0. The number of hydrogen-bond acceptors (Lipinski definition) is 4. The Bertz CT molecular complexity index is 364. The van der Waals surface area contributed by atoms with Gasteiger partial charge in [-0.2, -0.15) is 0 Å². The van der Waals surface area contributed by atoms with Gasteiger partial charge < -0.3 is 19.9 Å². The van der Waals surface area contributed by atoms with Gasteiger partial charge in [0.25, 0.3) is 0 Å². The maximum absolute atomic E-state index is 5.82. The number of nitrogens with two attached hydrogens (primary N) is 1. The Hall–Kier alpha value is -1.42. The van der Waals surface area contributed by atoms with Crippen LogP contribution in [-0.2, 0) is 0 Å². The van der Waals surface area contributed by atoms with Crippen LogP contribution < -0.4 is 19.9 Å². The average molecular weight is 179 g/mol. The van der Waals surface area contributed by atoms with E-state index in [0.29, 0.717) is 12.4 Å². The van der Waals surface area contributed by atoms with Gasteiger partial charge in [-0.25, -0.2) is 0 Å². The van der Waals surface area contributed by atoms with E-state index in [1.807, 2.05) is 12.1 Å². The first kappa shape index (κ1) is 7.03. The largest absolute Gasteiger partial charge is 0.487 e. The molecule has 0 aliphatic carbocycles. The van der Waals surface area contributed by atoms with Crippen molar-refractivity contribution in [2.24, 2.45) is 5.73 Å². The summed E-state index contributed by atoms with van der Waals surface area (Å²) in [6, 6.07) is 3.76. The lowest BCUT2D eigenvalue weighted by Crippen LogP contribution is -2.10. The third-order valence-electron chi connectivity index (χ3n) is 2.33. The first-order valence-electron chi connectivity index (χ1n) is 4.17. The van der Waals surface area contributed by atoms with Gasteiger partial charge in [-0.15, -0.1) is 0 Å². The zero-order valence-corrected chi connectivity index (χ0v) is 6.95. The number of hydrogen-bond donors (Lipinski definition) is 1. The summed E-state index contributed by atoms with van der Waals surface area (Å²) in [5, 5.41) is 0. The molecule has 13 heavy (non-hydrogen) atoms. The monoisotopic (exact) mass is 179 g/mol. The quantitative estimate of drug-likeness (QED) is 0.640. The SMILES string of the molecule is N[C@@H]1COc2c1ccc1c2OCO1. The highest BCUT2D eigenvalue weighted by Crippen LogP contribution is 2.47. The predicted octanol–water partition coefficient (Wildman–Crippen LogP) is 0.807. The summed E-state index contributed by atoms with van der Waals surface area (Å²) < 4.78 is 15.9. The molecule has 4 nitrogen and oxygen atoms in total. The molecule has 0 aromatic heterocycles. The standard InChI is InChI=1S/C9H9NO3/c10-6-3-11-8-5(6)1-2-7-9(8)13-4-12-7/h1-2,6H,3-4,10H2/t6-/m1/s1. The topological polar surface area (TPSA) is 53.7 Å². The molecule has 3 rings (SSSR count). The molecule has 2 aliphatic rings. The minimum absolute atomic E-state index is 0.0375. The lowest BCUT2D eigenvalue weighted by molar-refractivity contribution is 0.170. The Morgan fingerprint density at radius 1 is 1.15 bits per heavy atom. The smallest absolute Gasteiger partial charge is 0.231 e. The average Bonchev–Trinajstić information content (AvgIpc) is 2.70. The zero-order chi connectivity index (χ0) is 8.84. The van der Waals surface area contributed by atoms with Crippen LogP contribution in [0.2, 0.25) is 0 Å². The molecule has 2 aliphatic heterocycles. The van der Waals surface area contributed by atoms with Crippen LogP contribution in [0, 0.1) is 0 Å². The summed E-state index contributed by atoms with van der Waals surface area (Å²) in [5.41, 5.74) is 6.82. The second kappa shape index (κ2) is 2.29. The van der Waals surface area contributed by atoms with Crippen LogP contribution >= 0.6 is 0 Å². The Morgan fingerprint density at radius 3 is 3.00 bits per heavy atom. The van der Waals surface area contributed by atoms with Crippen molar-refractivity contribution in [1.29, 1.82) is 0 Å². The fourth-order valence-corrected chi connectivity index (χ4v) is 1.67. The van der Waals surface area contributed by atoms with Gasteiger partial charge in [0.05, 0.1) is 6.04 Å². The van der Waals surface area contributed by atoms with Crippen molar-refractivity contribution in [3.8, 4) is 17.2 Å². The molecule has 0 bridgehead atoms. The van der Waals surface area contributed by atoms with Gasteiger partial charge in [0.2, 0.25) is 12.5 Å². The van der Waals surface area contributed by atoms with Crippen LogP contribution in [-0.4, -0.2) is 13.4 Å². The number of benzene rings is 1. The summed E-state index contributed by atoms with van der Waals surface area (Å²) >= 11 is 0. The Kier molecular flexibility index (Phi) is 1.24. The fraction of sp³-hybridized carbons (Fsp3) is 0.333. The Balaban J connectivity index is 2.21. The lowest BCUT2D eigenvalue weighted by Gasteiger charge is -2.02. The molecule has 1 aromatic carbocycles. The highest BCUT2D eigenvalue weighted by atomic mass is 16.7. The van der Waals surface area contributed by atoms with E-state index < -0.39 is 0 Å². The first-order chi connectivity index (χ1) is 6.36. The van der Waals surface area contributed by atoms with E-state index in [1.165, 1.54) is 0 Å². The van der Waals surface area contributed by atoms with E-state index in [9.17, 15) is 0 Å². The fourth-order valence-electron chi connectivity index (χ4n) is 1.67. The number of ether oxygens (including phenoxy) is 3. The first-order valence-corrected chi connectivity index (χ1v) is 4.17. The minimum atomic E-state index is -0.0375. The van der Waals surface area contributed by atoms with Crippen molar-refractivity contribution in [2.75, 3.05) is 13.4 Å². The number of fused-ring (bicyclic) bond motifs is 3. The summed E-state index contributed by atoms with van der Waals surface area (Å²) in [6.07, 6.45) is 0. The molecule has 1 aromatic rings. The molecule has 2 N–H and O–H groups in total. The van der Waals surface area contributed by atoms with Crippen molar-refractivity contribution in [3.05, 3.63) is 17.7 Å². The summed E-state index contributed by atoms with van der Waals surface area (Å²) in [6.45, 7) is 0.791. The zero-order valence-electron chi connectivity index (χ0n) is 6.95. The molecule has 0 radical (unpaired) electrons. The van der Waals surface area contributed by atoms with Crippen LogP contribution in [0.4, 0.5) is 0 Å². The molecule has 0 unspecified atom stereocenters. The van der Waals surface area contributed by atoms with Crippen LogP contribution in [0.3, 0.4) is 0 Å². The lowest BCUT2D eigenvalue weighted by atomic mass is 10.1. The van der Waals surface area contributed by atoms with Crippen molar-refractivity contribution in [2.45, 2.75) is 6.04 Å². The van der Waals surface area contributed by atoms with E-state index in [2.05, 4.69) is 0 Å². The molecular formula is C9H9NO3. The summed E-state index contributed by atoms with van der Waals surface area (Å²) in [5.74, 6) is 2.20. The highest BCUT2D eigenvalue weighted by molar-refractivity contribution is 5.59. The van der Waals surface area contributed by atoms with Crippen LogP contribution in [0.5, 0.6) is 17.2 Å².